The van der Waals surface area contributed by atoms with Crippen LogP contribution in [0.25, 0.3) is 0 Å². The maximum absolute atomic E-state index is 12.9. The van der Waals surface area contributed by atoms with Gasteiger partial charge in [0.05, 0.1) is 4.90 Å². The molecule has 118 valence electrons. The molecule has 1 atom stereocenters. The fourth-order valence-corrected chi connectivity index (χ4v) is 5.27. The first kappa shape index (κ1) is 16.9. The quantitative estimate of drug-likeness (QED) is 0.880. The summed E-state index contributed by atoms with van der Waals surface area (Å²) in [5, 5.41) is 0. The van der Waals surface area contributed by atoms with E-state index in [1.807, 2.05) is 6.07 Å². The predicted octanol–water partition coefficient (Wildman–Crippen LogP) is 3.11. The highest BCUT2D eigenvalue weighted by atomic mass is 79.9. The van der Waals surface area contributed by atoms with Crippen molar-refractivity contribution in [3.8, 4) is 0 Å². The summed E-state index contributed by atoms with van der Waals surface area (Å²) in [7, 11) is -3.45. The van der Waals surface area contributed by atoms with Crippen molar-refractivity contribution >= 4 is 26.0 Å². The second kappa shape index (κ2) is 7.22. The molecule has 1 aliphatic rings. The van der Waals surface area contributed by atoms with Gasteiger partial charge in [-0.15, -0.1) is 0 Å². The van der Waals surface area contributed by atoms with Crippen LogP contribution in [0.1, 0.15) is 38.2 Å². The largest absolute Gasteiger partial charge is 0.326 e. The van der Waals surface area contributed by atoms with Crippen LogP contribution in [-0.4, -0.2) is 25.8 Å². The van der Waals surface area contributed by atoms with Gasteiger partial charge >= 0.3 is 0 Å². The molecular formula is C15H23BrN2O2S. The van der Waals surface area contributed by atoms with Crippen molar-refractivity contribution < 1.29 is 8.42 Å². The zero-order valence-electron chi connectivity index (χ0n) is 12.4. The van der Waals surface area contributed by atoms with E-state index in [1.54, 1.807) is 16.4 Å². The highest BCUT2D eigenvalue weighted by Crippen LogP contribution is 2.29. The lowest BCUT2D eigenvalue weighted by Gasteiger charge is -2.21. The Balaban J connectivity index is 2.29. The lowest BCUT2D eigenvalue weighted by Crippen LogP contribution is -2.32. The summed E-state index contributed by atoms with van der Waals surface area (Å²) in [5.74, 6) is 0.643. The molecule has 1 aromatic carbocycles. The number of hydrogen-bond donors (Lipinski definition) is 1. The first-order valence-electron chi connectivity index (χ1n) is 7.47. The maximum Gasteiger partial charge on any atom is 0.244 e. The van der Waals surface area contributed by atoms with Gasteiger partial charge in [-0.25, -0.2) is 8.42 Å². The minimum Gasteiger partial charge on any atom is -0.326 e. The van der Waals surface area contributed by atoms with Crippen LogP contribution in [0.4, 0.5) is 0 Å². The van der Waals surface area contributed by atoms with Crippen LogP contribution in [-0.2, 0) is 16.6 Å². The van der Waals surface area contributed by atoms with Gasteiger partial charge in [-0.05, 0) is 58.8 Å². The number of hydrogen-bond acceptors (Lipinski definition) is 3. The third-order valence-electron chi connectivity index (χ3n) is 4.23. The Kier molecular flexibility index (Phi) is 5.82. The van der Waals surface area contributed by atoms with Gasteiger partial charge in [0.1, 0.15) is 0 Å². The van der Waals surface area contributed by atoms with E-state index in [0.717, 1.165) is 31.2 Å². The number of benzene rings is 1. The number of nitrogens with zero attached hydrogens (tertiary/aromatic N) is 1. The average molecular weight is 375 g/mol. The van der Waals surface area contributed by atoms with E-state index >= 15 is 0 Å². The van der Waals surface area contributed by atoms with E-state index in [9.17, 15) is 8.42 Å². The van der Waals surface area contributed by atoms with E-state index < -0.39 is 10.0 Å². The van der Waals surface area contributed by atoms with Crippen LogP contribution in [0.3, 0.4) is 0 Å². The third kappa shape index (κ3) is 3.86. The highest BCUT2D eigenvalue weighted by Gasteiger charge is 2.28. The normalized spacial score (nSPS) is 21.2. The van der Waals surface area contributed by atoms with Gasteiger partial charge in [-0.1, -0.05) is 19.4 Å². The Hall–Kier alpha value is -0.430. The molecule has 2 rings (SSSR count). The van der Waals surface area contributed by atoms with Gasteiger partial charge in [0.15, 0.2) is 0 Å². The second-order valence-electron chi connectivity index (χ2n) is 5.58. The molecule has 21 heavy (non-hydrogen) atoms. The van der Waals surface area contributed by atoms with Crippen molar-refractivity contribution in [2.24, 2.45) is 11.7 Å². The van der Waals surface area contributed by atoms with E-state index in [4.69, 9.17) is 5.73 Å². The minimum absolute atomic E-state index is 0.334. The summed E-state index contributed by atoms with van der Waals surface area (Å²) in [5.41, 5.74) is 6.46. The predicted molar refractivity (Wildman–Crippen MR) is 88.4 cm³/mol. The van der Waals surface area contributed by atoms with E-state index in [1.165, 1.54) is 0 Å². The van der Waals surface area contributed by atoms with Crippen molar-refractivity contribution in [3.05, 3.63) is 28.2 Å². The first-order valence-corrected chi connectivity index (χ1v) is 9.71. The Morgan fingerprint density at radius 3 is 2.76 bits per heavy atom. The molecule has 0 amide bonds. The van der Waals surface area contributed by atoms with Gasteiger partial charge in [0, 0.05) is 24.1 Å². The molecule has 0 radical (unpaired) electrons. The highest BCUT2D eigenvalue weighted by molar-refractivity contribution is 9.10. The molecule has 6 heteroatoms. The van der Waals surface area contributed by atoms with Crippen molar-refractivity contribution in [1.29, 1.82) is 0 Å². The molecule has 0 aliphatic carbocycles. The third-order valence-corrected chi connectivity index (χ3v) is 7.13. The molecule has 2 N–H and O–H groups in total. The molecule has 1 aromatic rings. The summed E-state index contributed by atoms with van der Waals surface area (Å²) < 4.78 is 28.0. The zero-order chi connectivity index (χ0) is 15.5. The molecule has 1 unspecified atom stereocenters. The minimum atomic E-state index is -3.45. The van der Waals surface area contributed by atoms with E-state index in [0.29, 0.717) is 34.9 Å². The van der Waals surface area contributed by atoms with Crippen LogP contribution in [0, 0.1) is 5.92 Å². The lowest BCUT2D eigenvalue weighted by molar-refractivity contribution is 0.407. The van der Waals surface area contributed by atoms with Gasteiger partial charge < -0.3 is 5.73 Å². The SMILES string of the molecule is CCC1CCCN(S(=O)(=O)c2cc(CN)ccc2Br)CC1. The van der Waals surface area contributed by atoms with Crippen LogP contribution >= 0.6 is 15.9 Å². The summed E-state index contributed by atoms with van der Waals surface area (Å²) in [6.45, 7) is 3.74. The summed E-state index contributed by atoms with van der Waals surface area (Å²) in [6, 6.07) is 5.29. The second-order valence-corrected chi connectivity index (χ2v) is 8.34. The average Bonchev–Trinajstić information content (AvgIpc) is 2.73. The number of sulfonamides is 1. The maximum atomic E-state index is 12.9. The molecule has 1 saturated heterocycles. The first-order chi connectivity index (χ1) is 9.98. The monoisotopic (exact) mass is 374 g/mol. The molecule has 0 saturated carbocycles. The Morgan fingerprint density at radius 2 is 2.10 bits per heavy atom. The van der Waals surface area contributed by atoms with Crippen LogP contribution in [0.15, 0.2) is 27.6 Å². The summed E-state index contributed by atoms with van der Waals surface area (Å²) in [4.78, 5) is 0.334. The smallest absolute Gasteiger partial charge is 0.244 e. The number of halogens is 1. The molecule has 1 heterocycles. The van der Waals surface area contributed by atoms with Crippen molar-refractivity contribution in [2.75, 3.05) is 13.1 Å². The molecular weight excluding hydrogens is 352 g/mol. The van der Waals surface area contributed by atoms with Crippen molar-refractivity contribution in [2.45, 2.75) is 44.0 Å². The summed E-state index contributed by atoms with van der Waals surface area (Å²) >= 11 is 3.36. The molecule has 0 bridgehead atoms. The zero-order valence-corrected chi connectivity index (χ0v) is 14.8. The molecule has 1 fully saturated rings. The van der Waals surface area contributed by atoms with Gasteiger partial charge in [-0.3, -0.25) is 0 Å². The van der Waals surface area contributed by atoms with Gasteiger partial charge in [0.25, 0.3) is 0 Å². The standard InChI is InChI=1S/C15H23BrN2O2S/c1-2-12-4-3-8-18(9-7-12)21(19,20)15-10-13(11-17)5-6-14(15)16/h5-6,10,12H,2-4,7-9,11,17H2,1H3. The van der Waals surface area contributed by atoms with E-state index in [2.05, 4.69) is 22.9 Å². The molecule has 0 spiro atoms. The van der Waals surface area contributed by atoms with Gasteiger partial charge in [-0.2, -0.15) is 4.31 Å². The lowest BCUT2D eigenvalue weighted by atomic mass is 9.98. The topological polar surface area (TPSA) is 63.4 Å². The molecule has 0 aromatic heterocycles. The van der Waals surface area contributed by atoms with Crippen molar-refractivity contribution in [1.82, 2.24) is 4.31 Å². The van der Waals surface area contributed by atoms with E-state index in [-0.39, 0.29) is 0 Å². The Morgan fingerprint density at radius 1 is 1.33 bits per heavy atom. The number of rotatable bonds is 4. The van der Waals surface area contributed by atoms with Crippen molar-refractivity contribution in [3.63, 3.8) is 0 Å². The fraction of sp³-hybridized carbons (Fsp3) is 0.600. The molecule has 1 aliphatic heterocycles. The molecule has 4 nitrogen and oxygen atoms in total. The van der Waals surface area contributed by atoms with Gasteiger partial charge in [0.2, 0.25) is 10.0 Å². The fourth-order valence-electron chi connectivity index (χ4n) is 2.80. The van der Waals surface area contributed by atoms with Crippen LogP contribution < -0.4 is 5.73 Å². The Labute approximate surface area is 135 Å². The number of nitrogens with two attached hydrogens (primary N) is 1. The van der Waals surface area contributed by atoms with Crippen LogP contribution in [0.2, 0.25) is 0 Å². The summed E-state index contributed by atoms with van der Waals surface area (Å²) in [6.07, 6.45) is 4.13. The Bertz CT molecular complexity index is 589. The van der Waals surface area contributed by atoms with Crippen LogP contribution in [0.5, 0.6) is 0 Å².